The third-order valence-corrected chi connectivity index (χ3v) is 7.51. The molecule has 1 saturated heterocycles. The van der Waals surface area contributed by atoms with Gasteiger partial charge in [-0.15, -0.1) is 0 Å². The number of carbonyl (C=O) groups is 1. The molecule has 0 saturated carbocycles. The highest BCUT2D eigenvalue weighted by Gasteiger charge is 2.27. The molecule has 2 aromatic carbocycles. The first kappa shape index (κ1) is 22.3. The predicted molar refractivity (Wildman–Crippen MR) is 117 cm³/mol. The van der Waals surface area contributed by atoms with Gasteiger partial charge in [-0.05, 0) is 49.1 Å². The van der Waals surface area contributed by atoms with Crippen LogP contribution in [0.15, 0.2) is 47.4 Å². The van der Waals surface area contributed by atoms with Crippen LogP contribution in [0.3, 0.4) is 0 Å². The van der Waals surface area contributed by atoms with Crippen molar-refractivity contribution in [2.75, 3.05) is 27.2 Å². The summed E-state index contributed by atoms with van der Waals surface area (Å²) < 4.78 is 33.3. The minimum atomic E-state index is -3.65. The van der Waals surface area contributed by atoms with Gasteiger partial charge in [0.1, 0.15) is 5.75 Å². The molecule has 0 aliphatic carbocycles. The fourth-order valence-corrected chi connectivity index (χ4v) is 5.31. The summed E-state index contributed by atoms with van der Waals surface area (Å²) in [6, 6.07) is 12.4. The van der Waals surface area contributed by atoms with Gasteiger partial charge in [-0.3, -0.25) is 4.79 Å². The molecular formula is C23H30N2O4S. The Morgan fingerprint density at radius 1 is 1.07 bits per heavy atom. The maximum atomic E-state index is 13.2. The second-order valence-corrected chi connectivity index (χ2v) is 9.71. The predicted octanol–water partition coefficient (Wildman–Crippen LogP) is 3.84. The Kier molecular flexibility index (Phi) is 7.15. The van der Waals surface area contributed by atoms with E-state index in [1.165, 1.54) is 23.5 Å². The van der Waals surface area contributed by atoms with Crippen LogP contribution in [0.25, 0.3) is 0 Å². The van der Waals surface area contributed by atoms with E-state index in [2.05, 4.69) is 0 Å². The van der Waals surface area contributed by atoms with Crippen molar-refractivity contribution in [3.05, 3.63) is 59.2 Å². The van der Waals surface area contributed by atoms with Crippen LogP contribution in [0.4, 0.5) is 0 Å². The molecular weight excluding hydrogens is 400 g/mol. The standard InChI is InChI=1S/C23H30N2O4S/c1-18-10-6-7-11-19(18)17-24(2)23(26)21-16-20(12-13-22(21)29-3)30(27,28)25-14-8-4-5-9-15-25/h6-7,10-13,16H,4-5,8-9,14-15,17H2,1-3H3. The van der Waals surface area contributed by atoms with Gasteiger partial charge in [-0.25, -0.2) is 8.42 Å². The first-order valence-electron chi connectivity index (χ1n) is 10.3. The molecule has 30 heavy (non-hydrogen) atoms. The maximum Gasteiger partial charge on any atom is 0.257 e. The Morgan fingerprint density at radius 3 is 2.37 bits per heavy atom. The molecule has 0 bridgehead atoms. The number of amides is 1. The van der Waals surface area contributed by atoms with Crippen LogP contribution in [0.2, 0.25) is 0 Å². The van der Waals surface area contributed by atoms with Gasteiger partial charge in [0.15, 0.2) is 0 Å². The van der Waals surface area contributed by atoms with Gasteiger partial charge in [-0.2, -0.15) is 4.31 Å². The molecule has 1 aliphatic rings. The zero-order valence-electron chi connectivity index (χ0n) is 17.9. The lowest BCUT2D eigenvalue weighted by atomic mass is 10.1. The minimum absolute atomic E-state index is 0.137. The van der Waals surface area contributed by atoms with Gasteiger partial charge in [0.2, 0.25) is 10.0 Å². The van der Waals surface area contributed by atoms with Crippen molar-refractivity contribution < 1.29 is 17.9 Å². The summed E-state index contributed by atoms with van der Waals surface area (Å²) in [5.74, 6) is 0.0921. The summed E-state index contributed by atoms with van der Waals surface area (Å²) >= 11 is 0. The average Bonchev–Trinajstić information content (AvgIpc) is 3.04. The fourth-order valence-electron chi connectivity index (χ4n) is 3.77. The number of sulfonamides is 1. The molecule has 7 heteroatoms. The Labute approximate surface area is 179 Å². The highest BCUT2D eigenvalue weighted by molar-refractivity contribution is 7.89. The number of aryl methyl sites for hydroxylation is 1. The maximum absolute atomic E-state index is 13.2. The summed E-state index contributed by atoms with van der Waals surface area (Å²) in [4.78, 5) is 14.9. The molecule has 0 N–H and O–H groups in total. The van der Waals surface area contributed by atoms with Crippen molar-refractivity contribution in [1.29, 1.82) is 0 Å². The van der Waals surface area contributed by atoms with E-state index in [0.29, 0.717) is 25.4 Å². The zero-order chi connectivity index (χ0) is 21.7. The number of carbonyl (C=O) groups excluding carboxylic acids is 1. The number of hydrogen-bond donors (Lipinski definition) is 0. The van der Waals surface area contributed by atoms with Crippen LogP contribution in [-0.2, 0) is 16.6 Å². The average molecular weight is 431 g/mol. The Morgan fingerprint density at radius 2 is 1.73 bits per heavy atom. The lowest BCUT2D eigenvalue weighted by Crippen LogP contribution is -2.32. The number of methoxy groups -OCH3 is 1. The van der Waals surface area contributed by atoms with Gasteiger partial charge >= 0.3 is 0 Å². The van der Waals surface area contributed by atoms with Crippen molar-refractivity contribution in [2.45, 2.75) is 44.0 Å². The van der Waals surface area contributed by atoms with Crippen molar-refractivity contribution in [2.24, 2.45) is 0 Å². The van der Waals surface area contributed by atoms with Crippen molar-refractivity contribution in [3.8, 4) is 5.75 Å². The van der Waals surface area contributed by atoms with E-state index in [1.54, 1.807) is 18.0 Å². The molecule has 1 aliphatic heterocycles. The third kappa shape index (κ3) is 4.84. The summed E-state index contributed by atoms with van der Waals surface area (Å²) in [5, 5.41) is 0. The minimum Gasteiger partial charge on any atom is -0.496 e. The van der Waals surface area contributed by atoms with Gasteiger partial charge in [-0.1, -0.05) is 37.1 Å². The van der Waals surface area contributed by atoms with Crippen LogP contribution in [0.1, 0.15) is 47.2 Å². The van der Waals surface area contributed by atoms with Crippen LogP contribution in [0.5, 0.6) is 5.75 Å². The third-order valence-electron chi connectivity index (χ3n) is 5.62. The molecule has 2 aromatic rings. The SMILES string of the molecule is COc1ccc(S(=O)(=O)N2CCCCCC2)cc1C(=O)N(C)Cc1ccccc1C. The Bertz CT molecular complexity index is 996. The normalized spacial score (nSPS) is 15.4. The lowest BCUT2D eigenvalue weighted by molar-refractivity contribution is 0.0781. The molecule has 0 aromatic heterocycles. The van der Waals surface area contributed by atoms with E-state index in [-0.39, 0.29) is 16.4 Å². The van der Waals surface area contributed by atoms with Crippen LogP contribution < -0.4 is 4.74 Å². The topological polar surface area (TPSA) is 66.9 Å². The van der Waals surface area contributed by atoms with E-state index in [0.717, 1.165) is 36.8 Å². The van der Waals surface area contributed by atoms with E-state index in [9.17, 15) is 13.2 Å². The molecule has 0 radical (unpaired) electrons. The number of nitrogens with zero attached hydrogens (tertiary/aromatic N) is 2. The number of benzene rings is 2. The molecule has 1 fully saturated rings. The molecule has 1 heterocycles. The highest BCUT2D eigenvalue weighted by Crippen LogP contribution is 2.27. The molecule has 3 rings (SSSR count). The molecule has 0 atom stereocenters. The second-order valence-electron chi connectivity index (χ2n) is 7.77. The number of rotatable bonds is 6. The van der Waals surface area contributed by atoms with Crippen molar-refractivity contribution in [3.63, 3.8) is 0 Å². The first-order chi connectivity index (χ1) is 14.3. The molecule has 162 valence electrons. The number of hydrogen-bond acceptors (Lipinski definition) is 4. The Hall–Kier alpha value is -2.38. The summed E-state index contributed by atoms with van der Waals surface area (Å²) in [6.45, 7) is 3.47. The lowest BCUT2D eigenvalue weighted by Gasteiger charge is -2.22. The van der Waals surface area contributed by atoms with Crippen LogP contribution >= 0.6 is 0 Å². The zero-order valence-corrected chi connectivity index (χ0v) is 18.7. The van der Waals surface area contributed by atoms with Crippen molar-refractivity contribution >= 4 is 15.9 Å². The quantitative estimate of drug-likeness (QED) is 0.698. The summed E-state index contributed by atoms with van der Waals surface area (Å²) in [6.07, 6.45) is 3.81. The molecule has 0 unspecified atom stereocenters. The summed E-state index contributed by atoms with van der Waals surface area (Å²) in [5.41, 5.74) is 2.40. The van der Waals surface area contributed by atoms with E-state index in [4.69, 9.17) is 4.74 Å². The van der Waals surface area contributed by atoms with Crippen LogP contribution in [-0.4, -0.2) is 50.8 Å². The van der Waals surface area contributed by atoms with E-state index in [1.807, 2.05) is 31.2 Å². The smallest absolute Gasteiger partial charge is 0.257 e. The monoisotopic (exact) mass is 430 g/mol. The first-order valence-corrected chi connectivity index (χ1v) is 11.8. The van der Waals surface area contributed by atoms with E-state index >= 15 is 0 Å². The van der Waals surface area contributed by atoms with Crippen molar-refractivity contribution in [1.82, 2.24) is 9.21 Å². The molecule has 6 nitrogen and oxygen atoms in total. The van der Waals surface area contributed by atoms with Gasteiger partial charge < -0.3 is 9.64 Å². The highest BCUT2D eigenvalue weighted by atomic mass is 32.2. The molecule has 1 amide bonds. The second kappa shape index (κ2) is 9.62. The van der Waals surface area contributed by atoms with Gasteiger partial charge in [0.25, 0.3) is 5.91 Å². The van der Waals surface area contributed by atoms with Crippen LogP contribution in [0, 0.1) is 6.92 Å². The van der Waals surface area contributed by atoms with E-state index < -0.39 is 10.0 Å². The Balaban J connectivity index is 1.90. The molecule has 0 spiro atoms. The van der Waals surface area contributed by atoms with Gasteiger partial charge in [0, 0.05) is 26.7 Å². The number of ether oxygens (including phenoxy) is 1. The fraction of sp³-hybridized carbons (Fsp3) is 0.435. The van der Waals surface area contributed by atoms with Gasteiger partial charge in [0.05, 0.1) is 17.6 Å². The summed E-state index contributed by atoms with van der Waals surface area (Å²) in [7, 11) is -0.456. The largest absolute Gasteiger partial charge is 0.496 e.